The van der Waals surface area contributed by atoms with E-state index in [2.05, 4.69) is 10.5 Å². The summed E-state index contributed by atoms with van der Waals surface area (Å²) in [5, 5.41) is 5.02. The van der Waals surface area contributed by atoms with Gasteiger partial charge in [-0.1, -0.05) is 36.0 Å². The number of hydrogen-bond donors (Lipinski definition) is 1. The van der Waals surface area contributed by atoms with Crippen LogP contribution in [0, 0.1) is 0 Å². The highest BCUT2D eigenvalue weighted by molar-refractivity contribution is 6.42. The zero-order valence-electron chi connectivity index (χ0n) is 10.6. The minimum Gasteiger partial charge on any atom is -0.267 e. The summed E-state index contributed by atoms with van der Waals surface area (Å²) in [4.78, 5) is 11.9. The van der Waals surface area contributed by atoms with E-state index < -0.39 is 0 Å². The first kappa shape index (κ1) is 14.4. The standard InChI is InChI=1S/C14H16Cl2N2O/c15-12-8-7-10(9-13(12)16)14(19)18-17-11-5-3-1-2-4-6-11/h7-9H,1-6H2,(H,18,19). The summed E-state index contributed by atoms with van der Waals surface area (Å²) in [6.45, 7) is 0. The Morgan fingerprint density at radius 1 is 1.05 bits per heavy atom. The second-order valence-electron chi connectivity index (χ2n) is 4.66. The van der Waals surface area contributed by atoms with Gasteiger partial charge in [-0.2, -0.15) is 5.10 Å². The van der Waals surface area contributed by atoms with Crippen molar-refractivity contribution in [3.05, 3.63) is 33.8 Å². The summed E-state index contributed by atoms with van der Waals surface area (Å²) in [6.07, 6.45) is 6.76. The number of rotatable bonds is 2. The third kappa shape index (κ3) is 4.22. The molecule has 2 rings (SSSR count). The van der Waals surface area contributed by atoms with Crippen LogP contribution in [0.15, 0.2) is 23.3 Å². The van der Waals surface area contributed by atoms with Crippen LogP contribution in [0.2, 0.25) is 10.0 Å². The number of halogens is 2. The highest BCUT2D eigenvalue weighted by atomic mass is 35.5. The van der Waals surface area contributed by atoms with Crippen LogP contribution in [0.1, 0.15) is 48.9 Å². The summed E-state index contributed by atoms with van der Waals surface area (Å²) >= 11 is 11.7. The lowest BCUT2D eigenvalue weighted by molar-refractivity contribution is 0.0954. The SMILES string of the molecule is O=C(NN=C1CCCCCC1)c1ccc(Cl)c(Cl)c1. The topological polar surface area (TPSA) is 41.5 Å². The summed E-state index contributed by atoms with van der Waals surface area (Å²) in [7, 11) is 0. The molecule has 0 atom stereocenters. The molecule has 0 saturated heterocycles. The van der Waals surface area contributed by atoms with Crippen LogP contribution in [0.5, 0.6) is 0 Å². The number of amides is 1. The first-order chi connectivity index (χ1) is 9.16. The second kappa shape index (κ2) is 6.92. The van der Waals surface area contributed by atoms with Gasteiger partial charge >= 0.3 is 0 Å². The van der Waals surface area contributed by atoms with E-state index in [0.29, 0.717) is 15.6 Å². The fourth-order valence-electron chi connectivity index (χ4n) is 2.08. The maximum atomic E-state index is 11.9. The van der Waals surface area contributed by atoms with E-state index in [0.717, 1.165) is 31.4 Å². The van der Waals surface area contributed by atoms with Crippen molar-refractivity contribution >= 4 is 34.8 Å². The molecule has 19 heavy (non-hydrogen) atoms. The van der Waals surface area contributed by atoms with E-state index in [1.165, 1.54) is 12.8 Å². The van der Waals surface area contributed by atoms with Crippen LogP contribution >= 0.6 is 23.2 Å². The van der Waals surface area contributed by atoms with Crippen molar-refractivity contribution in [1.82, 2.24) is 5.43 Å². The van der Waals surface area contributed by atoms with Gasteiger partial charge < -0.3 is 0 Å². The third-order valence-electron chi connectivity index (χ3n) is 3.18. The molecule has 1 aliphatic rings. The predicted molar refractivity (Wildman–Crippen MR) is 79.1 cm³/mol. The number of hydrogen-bond acceptors (Lipinski definition) is 2. The molecule has 1 saturated carbocycles. The van der Waals surface area contributed by atoms with Crippen LogP contribution in [-0.2, 0) is 0 Å². The third-order valence-corrected chi connectivity index (χ3v) is 3.92. The molecule has 0 heterocycles. The largest absolute Gasteiger partial charge is 0.271 e. The number of hydrazone groups is 1. The lowest BCUT2D eigenvalue weighted by Crippen LogP contribution is -2.19. The molecular weight excluding hydrogens is 283 g/mol. The lowest BCUT2D eigenvalue weighted by Gasteiger charge is -2.04. The molecule has 5 heteroatoms. The fraction of sp³-hybridized carbons (Fsp3) is 0.429. The Morgan fingerprint density at radius 2 is 1.74 bits per heavy atom. The Bertz CT molecular complexity index is 490. The van der Waals surface area contributed by atoms with E-state index in [-0.39, 0.29) is 5.91 Å². The van der Waals surface area contributed by atoms with Crippen molar-refractivity contribution in [1.29, 1.82) is 0 Å². The van der Waals surface area contributed by atoms with Crippen LogP contribution in [0.3, 0.4) is 0 Å². The summed E-state index contributed by atoms with van der Waals surface area (Å²) < 4.78 is 0. The molecule has 102 valence electrons. The maximum Gasteiger partial charge on any atom is 0.271 e. The highest BCUT2D eigenvalue weighted by Crippen LogP contribution is 2.22. The summed E-state index contributed by atoms with van der Waals surface area (Å²) in [6, 6.07) is 4.79. The number of benzene rings is 1. The van der Waals surface area contributed by atoms with Crippen LogP contribution < -0.4 is 5.43 Å². The van der Waals surface area contributed by atoms with Gasteiger partial charge in [0.15, 0.2) is 0 Å². The van der Waals surface area contributed by atoms with Crippen molar-refractivity contribution < 1.29 is 4.79 Å². The van der Waals surface area contributed by atoms with E-state index in [1.807, 2.05) is 0 Å². The monoisotopic (exact) mass is 298 g/mol. The number of carbonyl (C=O) groups is 1. The molecule has 1 aromatic carbocycles. The van der Waals surface area contributed by atoms with Gasteiger partial charge in [-0.3, -0.25) is 4.79 Å². The molecule has 1 aliphatic carbocycles. The van der Waals surface area contributed by atoms with Gasteiger partial charge in [0.2, 0.25) is 0 Å². The number of nitrogens with zero attached hydrogens (tertiary/aromatic N) is 1. The molecule has 0 unspecified atom stereocenters. The molecule has 3 nitrogen and oxygen atoms in total. The van der Waals surface area contributed by atoms with Crippen LogP contribution in [-0.4, -0.2) is 11.6 Å². The maximum absolute atomic E-state index is 11.9. The van der Waals surface area contributed by atoms with Gasteiger partial charge in [0.25, 0.3) is 5.91 Å². The molecule has 1 N–H and O–H groups in total. The van der Waals surface area contributed by atoms with Crippen molar-refractivity contribution in [2.45, 2.75) is 38.5 Å². The van der Waals surface area contributed by atoms with E-state index in [9.17, 15) is 4.79 Å². The molecule has 0 aliphatic heterocycles. The number of nitrogens with one attached hydrogen (secondary N) is 1. The average Bonchev–Trinajstić information content (AvgIpc) is 2.67. The summed E-state index contributed by atoms with van der Waals surface area (Å²) in [5.41, 5.74) is 4.13. The molecule has 0 bridgehead atoms. The summed E-state index contributed by atoms with van der Waals surface area (Å²) in [5.74, 6) is -0.254. The van der Waals surface area contributed by atoms with Crippen molar-refractivity contribution in [2.75, 3.05) is 0 Å². The van der Waals surface area contributed by atoms with Crippen molar-refractivity contribution in [3.8, 4) is 0 Å². The fourth-order valence-corrected chi connectivity index (χ4v) is 2.38. The molecule has 1 fully saturated rings. The molecule has 0 radical (unpaired) electrons. The average molecular weight is 299 g/mol. The molecule has 0 spiro atoms. The zero-order chi connectivity index (χ0) is 13.7. The second-order valence-corrected chi connectivity index (χ2v) is 5.48. The lowest BCUT2D eigenvalue weighted by atomic mass is 10.2. The van der Waals surface area contributed by atoms with Crippen LogP contribution in [0.4, 0.5) is 0 Å². The van der Waals surface area contributed by atoms with Crippen LogP contribution in [0.25, 0.3) is 0 Å². The number of carbonyl (C=O) groups excluding carboxylic acids is 1. The minimum absolute atomic E-state index is 0.254. The Hall–Kier alpha value is -1.06. The van der Waals surface area contributed by atoms with Gasteiger partial charge in [-0.05, 0) is 43.9 Å². The zero-order valence-corrected chi connectivity index (χ0v) is 12.1. The normalized spacial score (nSPS) is 15.8. The van der Waals surface area contributed by atoms with E-state index >= 15 is 0 Å². The molecular formula is C14H16Cl2N2O. The van der Waals surface area contributed by atoms with Gasteiger partial charge in [0.1, 0.15) is 0 Å². The van der Waals surface area contributed by atoms with Crippen molar-refractivity contribution in [2.24, 2.45) is 5.10 Å². The minimum atomic E-state index is -0.254. The first-order valence-corrected chi connectivity index (χ1v) is 7.23. The quantitative estimate of drug-likeness (QED) is 0.637. The Kier molecular flexibility index (Phi) is 5.23. The van der Waals surface area contributed by atoms with Gasteiger partial charge in [0.05, 0.1) is 10.0 Å². The van der Waals surface area contributed by atoms with E-state index in [4.69, 9.17) is 23.2 Å². The Morgan fingerprint density at radius 3 is 2.37 bits per heavy atom. The van der Waals surface area contributed by atoms with Gasteiger partial charge in [-0.15, -0.1) is 0 Å². The molecule has 1 aromatic rings. The smallest absolute Gasteiger partial charge is 0.267 e. The highest BCUT2D eigenvalue weighted by Gasteiger charge is 2.09. The van der Waals surface area contributed by atoms with Crippen molar-refractivity contribution in [3.63, 3.8) is 0 Å². The van der Waals surface area contributed by atoms with Gasteiger partial charge in [0, 0.05) is 11.3 Å². The first-order valence-electron chi connectivity index (χ1n) is 6.47. The van der Waals surface area contributed by atoms with Gasteiger partial charge in [-0.25, -0.2) is 5.43 Å². The Balaban J connectivity index is 2.00. The Labute approximate surface area is 123 Å². The molecule has 1 amide bonds. The predicted octanol–water partition coefficient (Wildman–Crippen LogP) is 4.43. The van der Waals surface area contributed by atoms with E-state index in [1.54, 1.807) is 18.2 Å². The molecule has 0 aromatic heterocycles.